The van der Waals surface area contributed by atoms with Gasteiger partial charge in [-0.2, -0.15) is 43.2 Å². The first kappa shape index (κ1) is 21.6. The van der Waals surface area contributed by atoms with E-state index in [1.165, 1.54) is 0 Å². The number of amidine groups is 1. The maximum atomic E-state index is 12.2. The van der Waals surface area contributed by atoms with Gasteiger partial charge in [0.05, 0.1) is 21.1 Å². The van der Waals surface area contributed by atoms with Gasteiger partial charge in [-0.05, 0) is 0 Å². The molecule has 0 aliphatic heterocycles. The maximum absolute atomic E-state index is 12.2. The van der Waals surface area contributed by atoms with E-state index in [1.807, 2.05) is 0 Å². The summed E-state index contributed by atoms with van der Waals surface area (Å²) in [7, 11) is -9.90. The van der Waals surface area contributed by atoms with Gasteiger partial charge in [-0.3, -0.25) is 9.28 Å². The van der Waals surface area contributed by atoms with Crippen molar-refractivity contribution in [1.29, 1.82) is 0 Å². The molecule has 1 amide bonds. The van der Waals surface area contributed by atoms with Crippen molar-refractivity contribution in [2.75, 3.05) is 21.1 Å². The van der Waals surface area contributed by atoms with Gasteiger partial charge in [0.15, 0.2) is 0 Å². The number of carbonyl (C=O) groups excluding carboxylic acids is 1. The SMILES string of the molecule is C[N+](C)(C)C(=NS(=O)(=O)C(F)(F)F)C(=O)NS(=O)(=O)C(F)(F)F. The minimum absolute atomic E-state index is 0.407. The van der Waals surface area contributed by atoms with Crippen LogP contribution in [0.2, 0.25) is 0 Å². The first-order chi connectivity index (χ1) is 9.72. The number of likely N-dealkylation sites (N-methyl/N-ethyl adjacent to an activating group) is 1. The van der Waals surface area contributed by atoms with E-state index in [2.05, 4.69) is 4.40 Å². The van der Waals surface area contributed by atoms with Crippen molar-refractivity contribution in [1.82, 2.24) is 4.72 Å². The van der Waals surface area contributed by atoms with E-state index in [0.717, 1.165) is 21.1 Å². The number of quaternary nitrogens is 1. The average molecular weight is 394 g/mol. The molecule has 0 aromatic heterocycles. The normalized spacial score (nSPS) is 15.4. The van der Waals surface area contributed by atoms with Gasteiger partial charge in [0.1, 0.15) is 0 Å². The van der Waals surface area contributed by atoms with Gasteiger partial charge in [0, 0.05) is 0 Å². The fourth-order valence-electron chi connectivity index (χ4n) is 0.860. The summed E-state index contributed by atoms with van der Waals surface area (Å²) >= 11 is 0. The van der Waals surface area contributed by atoms with E-state index >= 15 is 0 Å². The van der Waals surface area contributed by atoms with Crippen LogP contribution < -0.4 is 4.72 Å². The lowest BCUT2D eigenvalue weighted by Gasteiger charge is -2.23. The summed E-state index contributed by atoms with van der Waals surface area (Å²) in [5.41, 5.74) is -11.9. The summed E-state index contributed by atoms with van der Waals surface area (Å²) < 4.78 is 118. The van der Waals surface area contributed by atoms with E-state index in [1.54, 1.807) is 0 Å². The highest BCUT2D eigenvalue weighted by Gasteiger charge is 2.51. The molecule has 0 aliphatic rings. The van der Waals surface area contributed by atoms with Gasteiger partial charge in [-0.1, -0.05) is 4.40 Å². The Labute approximate surface area is 126 Å². The zero-order chi connectivity index (χ0) is 19.1. The zero-order valence-corrected chi connectivity index (χ0v) is 13.2. The smallest absolute Gasteiger partial charge is 0.276 e. The average Bonchev–Trinajstić information content (AvgIpc) is 2.20. The van der Waals surface area contributed by atoms with Gasteiger partial charge in [-0.15, -0.1) is 0 Å². The molecule has 0 aliphatic carbocycles. The molecule has 0 saturated heterocycles. The molecule has 1 N–H and O–H groups in total. The molecule has 0 aromatic carbocycles. The molecule has 0 unspecified atom stereocenters. The highest BCUT2D eigenvalue weighted by atomic mass is 32.2. The summed E-state index contributed by atoms with van der Waals surface area (Å²) in [5, 5.41) is 0. The first-order valence-corrected chi connectivity index (χ1v) is 8.01. The molecule has 8 nitrogen and oxygen atoms in total. The highest BCUT2D eigenvalue weighted by Crippen LogP contribution is 2.26. The fraction of sp³-hybridized carbons (Fsp3) is 0.714. The van der Waals surface area contributed by atoms with Gasteiger partial charge in [-0.25, -0.2) is 4.72 Å². The van der Waals surface area contributed by atoms with Crippen LogP contribution in [0.1, 0.15) is 0 Å². The van der Waals surface area contributed by atoms with Crippen LogP contribution in [0.25, 0.3) is 0 Å². The standard InChI is InChI=1S/C7H9F6N3O5S2/c1-16(2,3)4(14-22(18,19)6(8,9)10)5(17)15-23(20,21)7(11,12)13/h1-3H3/p+1. The molecule has 0 aromatic rings. The van der Waals surface area contributed by atoms with Crippen LogP contribution in [0.3, 0.4) is 0 Å². The van der Waals surface area contributed by atoms with Crippen LogP contribution in [-0.4, -0.2) is 65.2 Å². The van der Waals surface area contributed by atoms with Crippen LogP contribution in [0, 0.1) is 0 Å². The summed E-state index contributed by atoms with van der Waals surface area (Å²) in [5.74, 6) is -3.90. The monoisotopic (exact) mass is 394 g/mol. The van der Waals surface area contributed by atoms with Gasteiger partial charge in [0.2, 0.25) is 0 Å². The Morgan fingerprint density at radius 1 is 0.913 bits per heavy atom. The topological polar surface area (TPSA) is 110 Å². The number of rotatable bonds is 2. The van der Waals surface area contributed by atoms with E-state index in [4.69, 9.17) is 0 Å². The molecule has 0 fully saturated rings. The number of carbonyl (C=O) groups is 1. The third-order valence-electron chi connectivity index (χ3n) is 1.87. The second kappa shape index (κ2) is 5.90. The number of sulfonamides is 2. The Balaban J connectivity index is 6.07. The molecule has 0 spiro atoms. The van der Waals surface area contributed by atoms with Crippen molar-refractivity contribution in [2.24, 2.45) is 4.40 Å². The predicted octanol–water partition coefficient (Wildman–Crippen LogP) is -0.0935. The molecule has 16 heteroatoms. The molecule has 0 rings (SSSR count). The number of alkyl halides is 6. The van der Waals surface area contributed by atoms with Crippen LogP contribution in [0.4, 0.5) is 26.3 Å². The number of nitrogens with one attached hydrogen (secondary N) is 1. The van der Waals surface area contributed by atoms with Crippen molar-refractivity contribution in [3.05, 3.63) is 0 Å². The Morgan fingerprint density at radius 2 is 1.30 bits per heavy atom. The second-order valence-electron chi connectivity index (χ2n) is 4.73. The Bertz CT molecular complexity index is 713. The van der Waals surface area contributed by atoms with Crippen molar-refractivity contribution in [2.45, 2.75) is 11.0 Å². The quantitative estimate of drug-likeness (QED) is 0.305. The lowest BCUT2D eigenvalue weighted by Crippen LogP contribution is -2.53. The molecule has 0 bridgehead atoms. The molecular weight excluding hydrogens is 384 g/mol. The van der Waals surface area contributed by atoms with E-state index < -0.39 is 47.3 Å². The minimum atomic E-state index is -6.28. The number of hydrogen-bond acceptors (Lipinski definition) is 5. The van der Waals surface area contributed by atoms with Gasteiger partial charge >= 0.3 is 42.8 Å². The van der Waals surface area contributed by atoms with Crippen LogP contribution in [0.15, 0.2) is 4.40 Å². The number of halogens is 6. The molecular formula is C7H10F6N3O5S2+. The lowest BCUT2D eigenvalue weighted by molar-refractivity contribution is -0.774. The lowest BCUT2D eigenvalue weighted by atomic mass is 10.4. The Hall–Kier alpha value is -1.42. The molecule has 0 radical (unpaired) electrons. The number of nitrogens with zero attached hydrogens (tertiary/aromatic N) is 2. The largest absolute Gasteiger partial charge is 0.518 e. The molecule has 23 heavy (non-hydrogen) atoms. The molecule has 0 atom stereocenters. The van der Waals surface area contributed by atoms with Crippen molar-refractivity contribution >= 4 is 31.8 Å². The number of amides is 1. The third kappa shape index (κ3) is 5.31. The van der Waals surface area contributed by atoms with E-state index in [-0.39, 0.29) is 0 Å². The summed E-state index contributed by atoms with van der Waals surface area (Å²) in [6, 6.07) is 0. The van der Waals surface area contributed by atoms with Crippen molar-refractivity contribution < 1.29 is 52.5 Å². The van der Waals surface area contributed by atoms with Crippen LogP contribution in [0.5, 0.6) is 0 Å². The summed E-state index contributed by atoms with van der Waals surface area (Å²) in [6.45, 7) is 0. The summed E-state index contributed by atoms with van der Waals surface area (Å²) in [6.07, 6.45) is 0. The predicted molar refractivity (Wildman–Crippen MR) is 63.6 cm³/mol. The van der Waals surface area contributed by atoms with Crippen LogP contribution in [-0.2, 0) is 24.8 Å². The first-order valence-electron chi connectivity index (χ1n) is 5.09. The minimum Gasteiger partial charge on any atom is -0.276 e. The Morgan fingerprint density at radius 3 is 1.57 bits per heavy atom. The van der Waals surface area contributed by atoms with Crippen molar-refractivity contribution in [3.63, 3.8) is 0 Å². The molecule has 0 saturated carbocycles. The van der Waals surface area contributed by atoms with Gasteiger partial charge < -0.3 is 0 Å². The van der Waals surface area contributed by atoms with Crippen LogP contribution >= 0.6 is 0 Å². The number of hydrogen-bond donors (Lipinski definition) is 1. The second-order valence-corrected chi connectivity index (χ2v) is 8.00. The van der Waals surface area contributed by atoms with Crippen molar-refractivity contribution in [3.8, 4) is 0 Å². The highest BCUT2D eigenvalue weighted by molar-refractivity contribution is 7.91. The van der Waals surface area contributed by atoms with Gasteiger partial charge in [0.25, 0.3) is 0 Å². The van der Waals surface area contributed by atoms with E-state index in [9.17, 15) is 48.0 Å². The third-order valence-corrected chi connectivity index (χ3v) is 3.93. The Kier molecular flexibility index (Phi) is 5.53. The summed E-state index contributed by atoms with van der Waals surface area (Å²) in [4.78, 5) is 11.5. The fourth-order valence-corrected chi connectivity index (χ4v) is 1.97. The van der Waals surface area contributed by atoms with E-state index in [0.29, 0.717) is 4.72 Å². The molecule has 136 valence electrons. The zero-order valence-electron chi connectivity index (χ0n) is 11.5. The maximum Gasteiger partial charge on any atom is 0.518 e. The molecule has 0 heterocycles.